The highest BCUT2D eigenvalue weighted by Crippen LogP contribution is 2.36. The zero-order chi connectivity index (χ0) is 21.7. The summed E-state index contributed by atoms with van der Waals surface area (Å²) in [6, 6.07) is 4.99. The van der Waals surface area contributed by atoms with Crippen molar-refractivity contribution in [2.75, 3.05) is 51.8 Å². The number of benzene rings is 1. The van der Waals surface area contributed by atoms with Crippen LogP contribution in [-0.4, -0.2) is 70.7 Å². The second kappa shape index (κ2) is 9.84. The first-order chi connectivity index (χ1) is 14.3. The molecule has 1 fully saturated rings. The maximum absolute atomic E-state index is 13.0. The van der Waals surface area contributed by atoms with Crippen LogP contribution in [0.25, 0.3) is 10.4 Å². The van der Waals surface area contributed by atoms with Crippen molar-refractivity contribution >= 4 is 32.4 Å². The molecule has 164 valence electrons. The smallest absolute Gasteiger partial charge is 0.244 e. The number of anilines is 1. The molecule has 3 rings (SSSR count). The Morgan fingerprint density at radius 1 is 1.33 bits per heavy atom. The van der Waals surface area contributed by atoms with Crippen molar-refractivity contribution in [3.8, 4) is 16.2 Å². The molecule has 0 atom stereocenters. The second-order valence-electron chi connectivity index (χ2n) is 6.83. The molecular formula is C19H26N4O5S2. The summed E-state index contributed by atoms with van der Waals surface area (Å²) in [5.41, 5.74) is 1.40. The van der Waals surface area contributed by atoms with Crippen molar-refractivity contribution in [1.29, 1.82) is 0 Å². The molecule has 0 aliphatic carbocycles. The van der Waals surface area contributed by atoms with Crippen molar-refractivity contribution in [1.82, 2.24) is 14.6 Å². The third-order valence-electron chi connectivity index (χ3n) is 4.62. The third kappa shape index (κ3) is 5.55. The molecule has 1 aliphatic heterocycles. The Labute approximate surface area is 180 Å². The molecule has 2 heterocycles. The normalized spacial score (nSPS) is 15.2. The molecule has 1 aliphatic rings. The predicted molar refractivity (Wildman–Crippen MR) is 116 cm³/mol. The highest BCUT2D eigenvalue weighted by atomic mass is 32.2. The van der Waals surface area contributed by atoms with Gasteiger partial charge in [0.1, 0.15) is 10.6 Å². The van der Waals surface area contributed by atoms with E-state index < -0.39 is 10.0 Å². The number of nitrogens with zero attached hydrogens (tertiary/aromatic N) is 2. The van der Waals surface area contributed by atoms with Crippen LogP contribution in [0, 0.1) is 6.92 Å². The molecule has 0 unspecified atom stereocenters. The van der Waals surface area contributed by atoms with Crippen LogP contribution in [0.15, 0.2) is 23.1 Å². The molecule has 1 aromatic carbocycles. The van der Waals surface area contributed by atoms with Crippen LogP contribution in [0.3, 0.4) is 0 Å². The Morgan fingerprint density at radius 2 is 2.07 bits per heavy atom. The summed E-state index contributed by atoms with van der Waals surface area (Å²) in [5, 5.41) is 3.13. The van der Waals surface area contributed by atoms with Crippen molar-refractivity contribution < 1.29 is 22.7 Å². The van der Waals surface area contributed by atoms with Crippen LogP contribution in [-0.2, 0) is 19.6 Å². The summed E-state index contributed by atoms with van der Waals surface area (Å²) in [6.45, 7) is 7.05. The lowest BCUT2D eigenvalue weighted by molar-refractivity contribution is -0.114. The second-order valence-corrected chi connectivity index (χ2v) is 9.57. The SMILES string of the molecule is COc1ccc(-c2sc(NC(C)=O)nc2C)cc1S(=O)(=O)NCCN1CCOCC1. The zero-order valence-electron chi connectivity index (χ0n) is 17.2. The van der Waals surface area contributed by atoms with E-state index in [9.17, 15) is 13.2 Å². The topological polar surface area (TPSA) is 110 Å². The van der Waals surface area contributed by atoms with E-state index >= 15 is 0 Å². The van der Waals surface area contributed by atoms with E-state index in [1.807, 2.05) is 6.92 Å². The quantitative estimate of drug-likeness (QED) is 0.625. The molecule has 1 saturated heterocycles. The number of methoxy groups -OCH3 is 1. The largest absolute Gasteiger partial charge is 0.495 e. The monoisotopic (exact) mass is 454 g/mol. The molecule has 0 saturated carbocycles. The van der Waals surface area contributed by atoms with Gasteiger partial charge in [0.15, 0.2) is 5.13 Å². The van der Waals surface area contributed by atoms with E-state index in [1.165, 1.54) is 25.4 Å². The molecule has 0 bridgehead atoms. The molecule has 2 N–H and O–H groups in total. The van der Waals surface area contributed by atoms with Crippen molar-refractivity contribution in [3.05, 3.63) is 23.9 Å². The van der Waals surface area contributed by atoms with E-state index in [0.717, 1.165) is 18.0 Å². The van der Waals surface area contributed by atoms with Gasteiger partial charge in [-0.2, -0.15) is 0 Å². The first-order valence-corrected chi connectivity index (χ1v) is 11.8. The number of carbonyl (C=O) groups is 1. The lowest BCUT2D eigenvalue weighted by Crippen LogP contribution is -2.41. The highest BCUT2D eigenvalue weighted by Gasteiger charge is 2.22. The van der Waals surface area contributed by atoms with Gasteiger partial charge in [0.05, 0.1) is 30.9 Å². The van der Waals surface area contributed by atoms with Crippen molar-refractivity contribution in [2.24, 2.45) is 0 Å². The maximum atomic E-state index is 13.0. The number of hydrogen-bond acceptors (Lipinski definition) is 8. The summed E-state index contributed by atoms with van der Waals surface area (Å²) < 4.78 is 39.2. The number of rotatable bonds is 8. The number of morpholine rings is 1. The number of hydrogen-bond donors (Lipinski definition) is 2. The van der Waals surface area contributed by atoms with Gasteiger partial charge in [0.25, 0.3) is 0 Å². The lowest BCUT2D eigenvalue weighted by atomic mass is 10.1. The Kier molecular flexibility index (Phi) is 7.42. The number of aromatic nitrogens is 1. The van der Waals surface area contributed by atoms with E-state index in [4.69, 9.17) is 9.47 Å². The lowest BCUT2D eigenvalue weighted by Gasteiger charge is -2.26. The van der Waals surface area contributed by atoms with Gasteiger partial charge in [0.2, 0.25) is 15.9 Å². The Hall–Kier alpha value is -2.05. The minimum atomic E-state index is -3.78. The molecule has 2 aromatic rings. The summed E-state index contributed by atoms with van der Waals surface area (Å²) in [6.07, 6.45) is 0. The number of amides is 1. The van der Waals surface area contributed by atoms with Gasteiger partial charge in [-0.25, -0.2) is 18.1 Å². The van der Waals surface area contributed by atoms with Crippen LogP contribution in [0.2, 0.25) is 0 Å². The first-order valence-electron chi connectivity index (χ1n) is 9.53. The van der Waals surface area contributed by atoms with E-state index in [1.54, 1.807) is 18.2 Å². The molecular weight excluding hydrogens is 428 g/mol. The minimum Gasteiger partial charge on any atom is -0.495 e. The standard InChI is InChI=1S/C19H26N4O5S2/c1-13-18(29-19(21-13)22-14(2)24)15-4-5-16(27-3)17(12-15)30(25,26)20-6-7-23-8-10-28-11-9-23/h4-5,12,20H,6-11H2,1-3H3,(H,21,22,24). The van der Waals surface area contributed by atoms with Crippen molar-refractivity contribution in [3.63, 3.8) is 0 Å². The Morgan fingerprint density at radius 3 is 2.73 bits per heavy atom. The number of thiazole rings is 1. The number of aryl methyl sites for hydroxylation is 1. The Bertz CT molecular complexity index is 1000. The van der Waals surface area contributed by atoms with Gasteiger partial charge in [0, 0.05) is 33.1 Å². The molecule has 30 heavy (non-hydrogen) atoms. The first kappa shape index (κ1) is 22.6. The summed E-state index contributed by atoms with van der Waals surface area (Å²) in [7, 11) is -2.34. The van der Waals surface area contributed by atoms with Crippen molar-refractivity contribution in [2.45, 2.75) is 18.7 Å². The molecule has 11 heteroatoms. The number of ether oxygens (including phenoxy) is 2. The average Bonchev–Trinajstić information content (AvgIpc) is 3.07. The maximum Gasteiger partial charge on any atom is 0.244 e. The highest BCUT2D eigenvalue weighted by molar-refractivity contribution is 7.89. The summed E-state index contributed by atoms with van der Waals surface area (Å²) >= 11 is 1.29. The molecule has 9 nitrogen and oxygen atoms in total. The van der Waals surface area contributed by atoms with E-state index in [-0.39, 0.29) is 16.6 Å². The number of nitrogens with one attached hydrogen (secondary N) is 2. The Balaban J connectivity index is 1.81. The van der Waals surface area contributed by atoms with E-state index in [2.05, 4.69) is 19.9 Å². The fourth-order valence-corrected chi connectivity index (χ4v) is 5.36. The predicted octanol–water partition coefficient (Wildman–Crippen LogP) is 1.70. The van der Waals surface area contributed by atoms with Gasteiger partial charge in [-0.3, -0.25) is 9.69 Å². The number of carbonyl (C=O) groups excluding carboxylic acids is 1. The summed E-state index contributed by atoms with van der Waals surface area (Å²) in [4.78, 5) is 18.6. The van der Waals surface area contributed by atoms with Gasteiger partial charge < -0.3 is 14.8 Å². The van der Waals surface area contributed by atoms with Gasteiger partial charge >= 0.3 is 0 Å². The average molecular weight is 455 g/mol. The molecule has 0 spiro atoms. The van der Waals surface area contributed by atoms with Crippen LogP contribution in [0.1, 0.15) is 12.6 Å². The van der Waals surface area contributed by atoms with Gasteiger partial charge in [-0.05, 0) is 30.7 Å². The van der Waals surface area contributed by atoms with Crippen LogP contribution < -0.4 is 14.8 Å². The fraction of sp³-hybridized carbons (Fsp3) is 0.474. The zero-order valence-corrected chi connectivity index (χ0v) is 18.9. The fourth-order valence-electron chi connectivity index (χ4n) is 3.14. The summed E-state index contributed by atoms with van der Waals surface area (Å²) in [5.74, 6) is 0.0552. The van der Waals surface area contributed by atoms with Crippen LogP contribution in [0.4, 0.5) is 5.13 Å². The van der Waals surface area contributed by atoms with E-state index in [0.29, 0.717) is 42.7 Å². The number of sulfonamides is 1. The minimum absolute atomic E-state index is 0.0679. The van der Waals surface area contributed by atoms with Crippen LogP contribution in [0.5, 0.6) is 5.75 Å². The van der Waals surface area contributed by atoms with Crippen LogP contribution >= 0.6 is 11.3 Å². The van der Waals surface area contributed by atoms with Gasteiger partial charge in [-0.15, -0.1) is 0 Å². The third-order valence-corrected chi connectivity index (χ3v) is 7.22. The molecule has 0 radical (unpaired) electrons. The van der Waals surface area contributed by atoms with Gasteiger partial charge in [-0.1, -0.05) is 11.3 Å². The molecule has 1 aromatic heterocycles. The molecule has 1 amide bonds.